The van der Waals surface area contributed by atoms with Crippen molar-refractivity contribution in [3.05, 3.63) is 59.4 Å². The molecule has 2 aliphatic rings. The number of rotatable bonds is 8. The molecule has 172 valence electrons. The van der Waals surface area contributed by atoms with Gasteiger partial charge in [0.1, 0.15) is 6.61 Å². The standard InChI is InChI=1S/C26H29F3O3/c1-3-5-16-6-8-17(9-7-16)15-31-21-14-19-13-18-10-11-20(30-12-4-2)23(28)25(18)32-26(19)24(29)22(21)27/h4,10-11,14,16-17H,2-3,5-9,12-13,15H2,1H3. The molecule has 1 aliphatic carbocycles. The Bertz CT molecular complexity index is 981. The van der Waals surface area contributed by atoms with Crippen LogP contribution in [0.5, 0.6) is 23.0 Å². The molecule has 1 aliphatic heterocycles. The number of fused-ring (bicyclic) bond motifs is 2. The second-order valence-corrected chi connectivity index (χ2v) is 8.72. The van der Waals surface area contributed by atoms with Gasteiger partial charge in [0.05, 0.1) is 6.61 Å². The van der Waals surface area contributed by atoms with Crippen molar-refractivity contribution in [2.24, 2.45) is 11.8 Å². The van der Waals surface area contributed by atoms with Crippen molar-refractivity contribution < 1.29 is 27.4 Å². The smallest absolute Gasteiger partial charge is 0.207 e. The summed E-state index contributed by atoms with van der Waals surface area (Å²) in [5, 5.41) is 0. The van der Waals surface area contributed by atoms with E-state index in [9.17, 15) is 13.2 Å². The molecule has 4 rings (SSSR count). The van der Waals surface area contributed by atoms with Crippen LogP contribution in [0.4, 0.5) is 13.2 Å². The second-order valence-electron chi connectivity index (χ2n) is 8.72. The van der Waals surface area contributed by atoms with Crippen molar-refractivity contribution in [2.75, 3.05) is 13.2 Å². The fourth-order valence-electron chi connectivity index (χ4n) is 4.68. The van der Waals surface area contributed by atoms with E-state index < -0.39 is 17.5 Å². The summed E-state index contributed by atoms with van der Waals surface area (Å²) in [6.07, 6.45) is 8.57. The molecule has 2 aromatic rings. The van der Waals surface area contributed by atoms with E-state index in [0.29, 0.717) is 23.7 Å². The van der Waals surface area contributed by atoms with Crippen molar-refractivity contribution in [2.45, 2.75) is 51.9 Å². The van der Waals surface area contributed by atoms with E-state index in [1.54, 1.807) is 6.07 Å². The topological polar surface area (TPSA) is 27.7 Å². The lowest BCUT2D eigenvalue weighted by Crippen LogP contribution is -2.20. The Labute approximate surface area is 187 Å². The molecular weight excluding hydrogens is 417 g/mol. The maximum Gasteiger partial charge on any atom is 0.207 e. The van der Waals surface area contributed by atoms with Gasteiger partial charge in [-0.1, -0.05) is 51.3 Å². The zero-order valence-corrected chi connectivity index (χ0v) is 18.4. The van der Waals surface area contributed by atoms with E-state index in [0.717, 1.165) is 31.6 Å². The molecule has 32 heavy (non-hydrogen) atoms. The van der Waals surface area contributed by atoms with Crippen molar-refractivity contribution in [1.29, 1.82) is 0 Å². The number of ether oxygens (including phenoxy) is 3. The normalized spacial score (nSPS) is 19.5. The SMILES string of the molecule is C=CCOc1ccc2c(c1F)Oc1c(cc(OCC3CCC(CCC)CC3)c(F)c1F)C2. The first-order valence-corrected chi connectivity index (χ1v) is 11.4. The van der Waals surface area contributed by atoms with Crippen LogP contribution in [-0.4, -0.2) is 13.2 Å². The predicted octanol–water partition coefficient (Wildman–Crippen LogP) is 7.35. The summed E-state index contributed by atoms with van der Waals surface area (Å²) in [5.41, 5.74) is 0.962. The summed E-state index contributed by atoms with van der Waals surface area (Å²) in [7, 11) is 0. The van der Waals surface area contributed by atoms with Gasteiger partial charge < -0.3 is 14.2 Å². The molecule has 0 N–H and O–H groups in total. The van der Waals surface area contributed by atoms with E-state index in [1.807, 2.05) is 0 Å². The third-order valence-electron chi connectivity index (χ3n) is 6.43. The Morgan fingerprint density at radius 1 is 0.938 bits per heavy atom. The monoisotopic (exact) mass is 446 g/mol. The molecule has 0 aromatic heterocycles. The highest BCUT2D eigenvalue weighted by Crippen LogP contribution is 2.45. The van der Waals surface area contributed by atoms with Crippen LogP contribution in [0.25, 0.3) is 0 Å². The van der Waals surface area contributed by atoms with E-state index >= 15 is 0 Å². The van der Waals surface area contributed by atoms with Crippen molar-refractivity contribution in [3.63, 3.8) is 0 Å². The molecule has 6 heteroatoms. The lowest BCUT2D eigenvalue weighted by molar-refractivity contribution is 0.173. The Morgan fingerprint density at radius 2 is 1.66 bits per heavy atom. The fraction of sp³-hybridized carbons (Fsp3) is 0.462. The minimum absolute atomic E-state index is 0.0263. The van der Waals surface area contributed by atoms with Crippen LogP contribution in [0, 0.1) is 29.3 Å². The second kappa shape index (κ2) is 9.88. The minimum Gasteiger partial charge on any atom is -0.490 e. The highest BCUT2D eigenvalue weighted by molar-refractivity contribution is 5.55. The van der Waals surface area contributed by atoms with Gasteiger partial charge in [-0.3, -0.25) is 0 Å². The molecule has 0 atom stereocenters. The summed E-state index contributed by atoms with van der Waals surface area (Å²) in [6.45, 7) is 6.22. The molecule has 0 saturated heterocycles. The van der Waals surface area contributed by atoms with E-state index in [2.05, 4.69) is 13.5 Å². The Morgan fingerprint density at radius 3 is 2.38 bits per heavy atom. The minimum atomic E-state index is -1.16. The van der Waals surface area contributed by atoms with Crippen LogP contribution in [-0.2, 0) is 6.42 Å². The van der Waals surface area contributed by atoms with Crippen LogP contribution in [0.1, 0.15) is 56.6 Å². The average Bonchev–Trinajstić information content (AvgIpc) is 2.80. The molecule has 3 nitrogen and oxygen atoms in total. The predicted molar refractivity (Wildman–Crippen MR) is 117 cm³/mol. The van der Waals surface area contributed by atoms with Crippen LogP contribution in [0.2, 0.25) is 0 Å². The molecule has 2 aromatic carbocycles. The average molecular weight is 447 g/mol. The lowest BCUT2D eigenvalue weighted by atomic mass is 9.80. The van der Waals surface area contributed by atoms with Gasteiger partial charge in [-0.25, -0.2) is 0 Å². The van der Waals surface area contributed by atoms with Crippen LogP contribution >= 0.6 is 0 Å². The number of hydrogen-bond acceptors (Lipinski definition) is 3. The highest BCUT2D eigenvalue weighted by atomic mass is 19.2. The van der Waals surface area contributed by atoms with Gasteiger partial charge in [-0.2, -0.15) is 13.2 Å². The van der Waals surface area contributed by atoms with Crippen LogP contribution < -0.4 is 14.2 Å². The van der Waals surface area contributed by atoms with Gasteiger partial charge in [0.15, 0.2) is 23.0 Å². The summed E-state index contributed by atoms with van der Waals surface area (Å²) < 4.78 is 60.8. The summed E-state index contributed by atoms with van der Waals surface area (Å²) in [4.78, 5) is 0. The van der Waals surface area contributed by atoms with Gasteiger partial charge >= 0.3 is 0 Å². The van der Waals surface area contributed by atoms with Gasteiger partial charge in [0.25, 0.3) is 0 Å². The molecule has 0 amide bonds. The maximum absolute atomic E-state index is 14.8. The summed E-state index contributed by atoms with van der Waals surface area (Å²) in [5.74, 6) is -2.48. The maximum atomic E-state index is 14.8. The lowest BCUT2D eigenvalue weighted by Gasteiger charge is -2.28. The van der Waals surface area contributed by atoms with Gasteiger partial charge in [0.2, 0.25) is 17.5 Å². The van der Waals surface area contributed by atoms with Crippen molar-refractivity contribution >= 4 is 0 Å². The molecule has 0 bridgehead atoms. The summed E-state index contributed by atoms with van der Waals surface area (Å²) in [6, 6.07) is 4.63. The van der Waals surface area contributed by atoms with Gasteiger partial charge in [-0.15, -0.1) is 0 Å². The van der Waals surface area contributed by atoms with Gasteiger partial charge in [-0.05, 0) is 36.8 Å². The Balaban J connectivity index is 1.48. The van der Waals surface area contributed by atoms with Gasteiger partial charge in [0, 0.05) is 17.5 Å². The molecule has 0 radical (unpaired) electrons. The molecule has 1 saturated carbocycles. The van der Waals surface area contributed by atoms with Crippen molar-refractivity contribution in [3.8, 4) is 23.0 Å². The Hall–Kier alpha value is -2.63. The number of hydrogen-bond donors (Lipinski definition) is 0. The zero-order valence-electron chi connectivity index (χ0n) is 18.4. The van der Waals surface area contributed by atoms with Crippen LogP contribution in [0.15, 0.2) is 30.9 Å². The first-order chi connectivity index (χ1) is 15.5. The third-order valence-corrected chi connectivity index (χ3v) is 6.43. The largest absolute Gasteiger partial charge is 0.490 e. The van der Waals surface area contributed by atoms with Crippen molar-refractivity contribution in [1.82, 2.24) is 0 Å². The molecular formula is C26H29F3O3. The van der Waals surface area contributed by atoms with E-state index in [4.69, 9.17) is 14.2 Å². The molecule has 0 spiro atoms. The fourth-order valence-corrected chi connectivity index (χ4v) is 4.68. The first-order valence-electron chi connectivity index (χ1n) is 11.4. The molecule has 0 unspecified atom stereocenters. The van der Waals surface area contributed by atoms with E-state index in [1.165, 1.54) is 31.1 Å². The summed E-state index contributed by atoms with van der Waals surface area (Å²) >= 11 is 0. The number of halogens is 3. The number of benzene rings is 2. The van der Waals surface area contributed by atoms with Crippen LogP contribution in [0.3, 0.4) is 0 Å². The quantitative estimate of drug-likeness (QED) is 0.339. The molecule has 1 heterocycles. The highest BCUT2D eigenvalue weighted by Gasteiger charge is 2.30. The third kappa shape index (κ3) is 4.59. The van der Waals surface area contributed by atoms with E-state index in [-0.39, 0.29) is 36.0 Å². The first kappa shape index (κ1) is 22.6. The zero-order chi connectivity index (χ0) is 22.7. The molecule has 1 fully saturated rings. The Kier molecular flexibility index (Phi) is 6.97.